The monoisotopic (exact) mass is 390 g/mol. The number of imidazole rings is 1. The standard InChI is InChI=1S/C21H34N4O3/c1-5-6-7-8-17(26)25-12-9-16-18(23-15-22-16)21(25)10-13-24(14-11-21)19(27)28-20(2,3)4/h15H,5-14H2,1-4H3,(H,22,23). The fourth-order valence-electron chi connectivity index (χ4n) is 4.40. The van der Waals surface area contributed by atoms with Crippen molar-refractivity contribution in [3.8, 4) is 0 Å². The summed E-state index contributed by atoms with van der Waals surface area (Å²) in [6.07, 6.45) is 7.36. The molecule has 28 heavy (non-hydrogen) atoms. The van der Waals surface area contributed by atoms with Crippen LogP contribution in [0.15, 0.2) is 6.33 Å². The molecule has 0 aliphatic carbocycles. The average Bonchev–Trinajstić information content (AvgIpc) is 3.11. The van der Waals surface area contributed by atoms with E-state index in [1.54, 1.807) is 11.2 Å². The van der Waals surface area contributed by atoms with Crippen LogP contribution in [0.25, 0.3) is 0 Å². The van der Waals surface area contributed by atoms with Gasteiger partial charge < -0.3 is 19.5 Å². The molecular weight excluding hydrogens is 356 g/mol. The highest BCUT2D eigenvalue weighted by molar-refractivity contribution is 5.78. The molecular formula is C21H34N4O3. The molecule has 0 atom stereocenters. The molecule has 1 N–H and O–H groups in total. The van der Waals surface area contributed by atoms with Crippen molar-refractivity contribution in [1.29, 1.82) is 0 Å². The number of nitrogens with zero attached hydrogens (tertiary/aromatic N) is 3. The van der Waals surface area contributed by atoms with Crippen LogP contribution in [-0.4, -0.2) is 57.0 Å². The zero-order valence-corrected chi connectivity index (χ0v) is 17.7. The summed E-state index contributed by atoms with van der Waals surface area (Å²) in [5.41, 5.74) is 1.21. The Labute approximate surface area is 167 Å². The van der Waals surface area contributed by atoms with Crippen molar-refractivity contribution in [3.63, 3.8) is 0 Å². The van der Waals surface area contributed by atoms with Gasteiger partial charge in [0.2, 0.25) is 5.91 Å². The van der Waals surface area contributed by atoms with Crippen molar-refractivity contribution >= 4 is 12.0 Å². The first kappa shape index (κ1) is 20.7. The Morgan fingerprint density at radius 3 is 2.57 bits per heavy atom. The third-order valence-electron chi connectivity index (χ3n) is 5.80. The average molecular weight is 391 g/mol. The van der Waals surface area contributed by atoms with Gasteiger partial charge in [0.15, 0.2) is 0 Å². The van der Waals surface area contributed by atoms with Gasteiger partial charge in [0, 0.05) is 38.2 Å². The number of carbonyl (C=O) groups is 2. The van der Waals surface area contributed by atoms with Gasteiger partial charge >= 0.3 is 6.09 Å². The third-order valence-corrected chi connectivity index (χ3v) is 5.80. The van der Waals surface area contributed by atoms with Crippen LogP contribution in [0, 0.1) is 0 Å². The number of aromatic nitrogens is 2. The Bertz CT molecular complexity index is 699. The van der Waals surface area contributed by atoms with Gasteiger partial charge in [-0.05, 0) is 40.0 Å². The molecule has 2 aliphatic heterocycles. The lowest BCUT2D eigenvalue weighted by Gasteiger charge is -2.50. The lowest BCUT2D eigenvalue weighted by atomic mass is 9.78. The number of H-pyrrole nitrogens is 1. The molecule has 2 amide bonds. The lowest BCUT2D eigenvalue weighted by Crippen LogP contribution is -2.59. The molecule has 7 heteroatoms. The van der Waals surface area contributed by atoms with Crippen molar-refractivity contribution in [3.05, 3.63) is 17.7 Å². The van der Waals surface area contributed by atoms with Gasteiger partial charge in [-0.1, -0.05) is 19.8 Å². The molecule has 7 nitrogen and oxygen atoms in total. The van der Waals surface area contributed by atoms with E-state index in [1.807, 2.05) is 20.8 Å². The van der Waals surface area contributed by atoms with E-state index < -0.39 is 11.1 Å². The smallest absolute Gasteiger partial charge is 0.410 e. The molecule has 1 aromatic heterocycles. The number of nitrogens with one attached hydrogen (secondary N) is 1. The fourth-order valence-corrected chi connectivity index (χ4v) is 4.40. The molecule has 1 fully saturated rings. The van der Waals surface area contributed by atoms with Gasteiger partial charge in [-0.25, -0.2) is 9.78 Å². The Morgan fingerprint density at radius 1 is 1.21 bits per heavy atom. The second-order valence-electron chi connectivity index (χ2n) is 8.98. The highest BCUT2D eigenvalue weighted by Gasteiger charge is 2.49. The number of ether oxygens (including phenoxy) is 1. The van der Waals surface area contributed by atoms with Crippen molar-refractivity contribution in [2.75, 3.05) is 19.6 Å². The van der Waals surface area contributed by atoms with Crippen LogP contribution in [0.2, 0.25) is 0 Å². The number of unbranched alkanes of at least 4 members (excludes halogenated alkanes) is 2. The Hall–Kier alpha value is -2.05. The molecule has 0 radical (unpaired) electrons. The van der Waals surface area contributed by atoms with Crippen LogP contribution in [0.3, 0.4) is 0 Å². The van der Waals surface area contributed by atoms with E-state index in [0.717, 1.165) is 37.1 Å². The molecule has 1 spiro atoms. The van der Waals surface area contributed by atoms with Crippen molar-refractivity contribution in [1.82, 2.24) is 19.8 Å². The van der Waals surface area contributed by atoms with Crippen LogP contribution < -0.4 is 0 Å². The Balaban J connectivity index is 1.76. The van der Waals surface area contributed by atoms with Crippen LogP contribution in [0.1, 0.15) is 77.6 Å². The summed E-state index contributed by atoms with van der Waals surface area (Å²) >= 11 is 0. The topological polar surface area (TPSA) is 78.5 Å². The first-order chi connectivity index (χ1) is 13.3. The van der Waals surface area contributed by atoms with E-state index in [4.69, 9.17) is 4.74 Å². The van der Waals surface area contributed by atoms with E-state index in [1.165, 1.54) is 0 Å². The normalized spacial score (nSPS) is 18.9. The molecule has 0 unspecified atom stereocenters. The summed E-state index contributed by atoms with van der Waals surface area (Å²) in [5, 5.41) is 0. The quantitative estimate of drug-likeness (QED) is 0.797. The van der Waals surface area contributed by atoms with E-state index in [0.29, 0.717) is 38.9 Å². The molecule has 0 bridgehead atoms. The maximum Gasteiger partial charge on any atom is 0.410 e. The van der Waals surface area contributed by atoms with Crippen LogP contribution in [0.4, 0.5) is 4.79 Å². The molecule has 1 aromatic rings. The lowest BCUT2D eigenvalue weighted by molar-refractivity contribution is -0.142. The number of piperidine rings is 1. The van der Waals surface area contributed by atoms with Crippen LogP contribution in [-0.2, 0) is 21.5 Å². The highest BCUT2D eigenvalue weighted by atomic mass is 16.6. The first-order valence-corrected chi connectivity index (χ1v) is 10.6. The maximum atomic E-state index is 13.1. The molecule has 3 heterocycles. The minimum atomic E-state index is -0.506. The Kier molecular flexibility index (Phi) is 6.01. The minimum Gasteiger partial charge on any atom is -0.444 e. The van der Waals surface area contributed by atoms with E-state index >= 15 is 0 Å². The Morgan fingerprint density at radius 2 is 1.93 bits per heavy atom. The second-order valence-corrected chi connectivity index (χ2v) is 8.98. The van der Waals surface area contributed by atoms with Crippen LogP contribution >= 0.6 is 0 Å². The number of rotatable bonds is 4. The summed E-state index contributed by atoms with van der Waals surface area (Å²) in [6.45, 7) is 9.64. The number of amides is 2. The number of hydrogen-bond acceptors (Lipinski definition) is 4. The van der Waals surface area contributed by atoms with Gasteiger partial charge in [0.25, 0.3) is 0 Å². The van der Waals surface area contributed by atoms with Gasteiger partial charge in [-0.2, -0.15) is 0 Å². The molecule has 1 saturated heterocycles. The molecule has 0 saturated carbocycles. The van der Waals surface area contributed by atoms with E-state index in [-0.39, 0.29) is 12.0 Å². The van der Waals surface area contributed by atoms with Crippen molar-refractivity contribution < 1.29 is 14.3 Å². The SMILES string of the molecule is CCCCCC(=O)N1CCc2[nH]cnc2C12CCN(C(=O)OC(C)(C)C)CC2. The molecule has 2 aliphatic rings. The highest BCUT2D eigenvalue weighted by Crippen LogP contribution is 2.42. The fraction of sp³-hybridized carbons (Fsp3) is 0.762. The second kappa shape index (κ2) is 8.13. The third kappa shape index (κ3) is 4.18. The summed E-state index contributed by atoms with van der Waals surface area (Å²) < 4.78 is 5.53. The minimum absolute atomic E-state index is 0.216. The summed E-state index contributed by atoms with van der Waals surface area (Å²) in [7, 11) is 0. The first-order valence-electron chi connectivity index (χ1n) is 10.6. The zero-order valence-electron chi connectivity index (χ0n) is 17.7. The zero-order chi connectivity index (χ0) is 20.4. The number of likely N-dealkylation sites (tertiary alicyclic amines) is 1. The van der Waals surface area contributed by atoms with Gasteiger partial charge in [0.05, 0.1) is 17.6 Å². The predicted octanol–water partition coefficient (Wildman–Crippen LogP) is 3.60. The summed E-state index contributed by atoms with van der Waals surface area (Å²) in [4.78, 5) is 37.2. The van der Waals surface area contributed by atoms with Crippen LogP contribution in [0.5, 0.6) is 0 Å². The van der Waals surface area contributed by atoms with E-state index in [9.17, 15) is 9.59 Å². The molecule has 0 aromatic carbocycles. The van der Waals surface area contributed by atoms with Gasteiger partial charge in [-0.15, -0.1) is 0 Å². The van der Waals surface area contributed by atoms with Gasteiger partial charge in [0.1, 0.15) is 5.60 Å². The summed E-state index contributed by atoms with van der Waals surface area (Å²) in [6, 6.07) is 0. The molecule has 156 valence electrons. The van der Waals surface area contributed by atoms with Crippen molar-refractivity contribution in [2.45, 2.75) is 83.8 Å². The van der Waals surface area contributed by atoms with Crippen molar-refractivity contribution in [2.24, 2.45) is 0 Å². The number of hydrogen-bond donors (Lipinski definition) is 1. The predicted molar refractivity (Wildman–Crippen MR) is 107 cm³/mol. The summed E-state index contributed by atoms with van der Waals surface area (Å²) in [5.74, 6) is 0.216. The number of fused-ring (bicyclic) bond motifs is 2. The largest absolute Gasteiger partial charge is 0.444 e. The van der Waals surface area contributed by atoms with E-state index in [2.05, 4.69) is 21.8 Å². The molecule has 3 rings (SSSR count). The number of carbonyl (C=O) groups excluding carboxylic acids is 2. The van der Waals surface area contributed by atoms with Gasteiger partial charge in [-0.3, -0.25) is 4.79 Å². The number of aromatic amines is 1. The maximum absolute atomic E-state index is 13.1.